The van der Waals surface area contributed by atoms with Crippen molar-refractivity contribution in [3.63, 3.8) is 0 Å². The third-order valence-electron chi connectivity index (χ3n) is 2.77. The summed E-state index contributed by atoms with van der Waals surface area (Å²) in [6, 6.07) is 0. The van der Waals surface area contributed by atoms with Gasteiger partial charge in [0.25, 0.3) is 0 Å². The maximum atomic E-state index is 4.33. The minimum atomic E-state index is 0. The van der Waals surface area contributed by atoms with Crippen molar-refractivity contribution in [2.45, 2.75) is 0 Å². The van der Waals surface area contributed by atoms with Crippen LogP contribution in [-0.4, -0.2) is 40.9 Å². The van der Waals surface area contributed by atoms with Crippen LogP contribution in [0, 0.1) is 0 Å². The molecular weight excluding hydrogens is 260 g/mol. The van der Waals surface area contributed by atoms with E-state index in [2.05, 4.69) is 29.9 Å². The first-order valence-electron chi connectivity index (χ1n) is 5.39. The number of fused-ring (bicyclic) bond motifs is 6. The number of nitrogens with zero attached hydrogens (tertiary/aromatic N) is 6. The molecule has 3 heterocycles. The summed E-state index contributed by atoms with van der Waals surface area (Å²) < 4.78 is 0. The molecule has 0 aliphatic rings. The van der Waals surface area contributed by atoms with Crippen molar-refractivity contribution in [3.8, 4) is 0 Å². The Morgan fingerprint density at radius 2 is 0.500 bits per heavy atom. The predicted octanol–water partition coefficient (Wildman–Crippen LogP) is -0.133. The molecule has 0 radical (unpaired) electrons. The minimum absolute atomic E-state index is 0. The Balaban J connectivity index is 0.000000735. The van der Waals surface area contributed by atoms with E-state index in [-0.39, 0.29) is 11.0 Å². The smallest absolute Gasteiger partial charge is 0.119 e. The summed E-state index contributed by atoms with van der Waals surface area (Å²) in [4.78, 5) is 26.0. The second-order valence-electron chi connectivity index (χ2n) is 3.76. The van der Waals surface area contributed by atoms with Crippen LogP contribution in [0.2, 0.25) is 0 Å². The van der Waals surface area contributed by atoms with E-state index >= 15 is 0 Å². The van der Waals surface area contributed by atoms with E-state index < -0.39 is 0 Å². The second kappa shape index (κ2) is 5.03. The molecular formula is C12H10N6O2. The van der Waals surface area contributed by atoms with Gasteiger partial charge in [0, 0.05) is 37.2 Å². The zero-order valence-corrected chi connectivity index (χ0v) is 10.1. The van der Waals surface area contributed by atoms with E-state index in [0.717, 1.165) is 0 Å². The maximum Gasteiger partial charge on any atom is 0.119 e. The van der Waals surface area contributed by atoms with Crippen molar-refractivity contribution < 1.29 is 11.0 Å². The highest BCUT2D eigenvalue weighted by Gasteiger charge is 2.13. The summed E-state index contributed by atoms with van der Waals surface area (Å²) in [7, 11) is 0. The Hall–Kier alpha value is -2.84. The van der Waals surface area contributed by atoms with E-state index in [1.165, 1.54) is 0 Å². The normalized spacial score (nSPS) is 10.2. The molecule has 0 aliphatic heterocycles. The van der Waals surface area contributed by atoms with Gasteiger partial charge in [-0.1, -0.05) is 0 Å². The van der Waals surface area contributed by atoms with Crippen LogP contribution >= 0.6 is 0 Å². The van der Waals surface area contributed by atoms with E-state index in [0.29, 0.717) is 33.1 Å². The lowest BCUT2D eigenvalue weighted by molar-refractivity contribution is 0.823. The molecule has 0 aliphatic carbocycles. The van der Waals surface area contributed by atoms with Gasteiger partial charge in [-0.3, -0.25) is 29.9 Å². The predicted molar refractivity (Wildman–Crippen MR) is 73.0 cm³/mol. The topological polar surface area (TPSA) is 140 Å². The molecule has 0 amide bonds. The SMILES string of the molecule is O.O.c1cnc2c(n1)c1nccnc1c1nccnc21. The van der Waals surface area contributed by atoms with Crippen LogP contribution in [0.1, 0.15) is 0 Å². The third kappa shape index (κ3) is 1.71. The minimum Gasteiger partial charge on any atom is -0.412 e. The largest absolute Gasteiger partial charge is 0.412 e. The summed E-state index contributed by atoms with van der Waals surface area (Å²) in [6.45, 7) is 0. The Kier molecular flexibility index (Phi) is 3.42. The average molecular weight is 270 g/mol. The van der Waals surface area contributed by atoms with Crippen molar-refractivity contribution in [1.29, 1.82) is 0 Å². The fraction of sp³-hybridized carbons (Fsp3) is 0. The van der Waals surface area contributed by atoms with Crippen molar-refractivity contribution in [2.24, 2.45) is 0 Å². The van der Waals surface area contributed by atoms with Crippen LogP contribution in [0.5, 0.6) is 0 Å². The monoisotopic (exact) mass is 270 g/mol. The maximum absolute atomic E-state index is 4.33. The standard InChI is InChI=1S/C12H6N6.2H2O/c1-2-14-8-7(13-1)9-11(17-4-3-15-9)12-10(8)16-5-6-18-12;;/h1-6H;2*1H2. The molecule has 8 heteroatoms. The Morgan fingerprint density at radius 3 is 0.650 bits per heavy atom. The molecule has 0 saturated carbocycles. The van der Waals surface area contributed by atoms with Gasteiger partial charge in [-0.05, 0) is 0 Å². The van der Waals surface area contributed by atoms with Gasteiger partial charge in [0.2, 0.25) is 0 Å². The fourth-order valence-electron chi connectivity index (χ4n) is 2.05. The first kappa shape index (κ1) is 13.6. The number of hydrogen-bond acceptors (Lipinski definition) is 6. The van der Waals surface area contributed by atoms with E-state index in [1.54, 1.807) is 37.2 Å². The summed E-state index contributed by atoms with van der Waals surface area (Å²) in [5.74, 6) is 0. The lowest BCUT2D eigenvalue weighted by atomic mass is 10.2. The van der Waals surface area contributed by atoms with Gasteiger partial charge in [0.1, 0.15) is 33.1 Å². The van der Waals surface area contributed by atoms with Gasteiger partial charge in [-0.15, -0.1) is 0 Å². The number of hydrogen-bond donors (Lipinski definition) is 0. The molecule has 4 aromatic rings. The van der Waals surface area contributed by atoms with Gasteiger partial charge >= 0.3 is 0 Å². The quantitative estimate of drug-likeness (QED) is 0.407. The van der Waals surface area contributed by atoms with Crippen LogP contribution < -0.4 is 0 Å². The fourth-order valence-corrected chi connectivity index (χ4v) is 2.05. The molecule has 0 bridgehead atoms. The van der Waals surface area contributed by atoms with Gasteiger partial charge < -0.3 is 11.0 Å². The first-order chi connectivity index (χ1) is 8.95. The van der Waals surface area contributed by atoms with Crippen LogP contribution in [0.4, 0.5) is 0 Å². The average Bonchev–Trinajstić information content (AvgIpc) is 2.48. The molecule has 1 aromatic carbocycles. The summed E-state index contributed by atoms with van der Waals surface area (Å²) in [5.41, 5.74) is 4.21. The number of benzene rings is 1. The van der Waals surface area contributed by atoms with Crippen molar-refractivity contribution in [2.75, 3.05) is 0 Å². The molecule has 4 rings (SSSR count). The van der Waals surface area contributed by atoms with Gasteiger partial charge in [-0.2, -0.15) is 0 Å². The molecule has 4 N–H and O–H groups in total. The summed E-state index contributed by atoms with van der Waals surface area (Å²) in [6.07, 6.45) is 9.83. The number of aromatic nitrogens is 6. The molecule has 0 unspecified atom stereocenters. The molecule has 0 atom stereocenters. The van der Waals surface area contributed by atoms with E-state index in [4.69, 9.17) is 0 Å². The van der Waals surface area contributed by atoms with Crippen molar-refractivity contribution in [3.05, 3.63) is 37.2 Å². The molecule has 0 spiro atoms. The Bertz CT molecular complexity index is 677. The highest BCUT2D eigenvalue weighted by atomic mass is 16.0. The van der Waals surface area contributed by atoms with Gasteiger partial charge in [0.05, 0.1) is 0 Å². The molecule has 20 heavy (non-hydrogen) atoms. The molecule has 100 valence electrons. The zero-order valence-electron chi connectivity index (χ0n) is 10.1. The second-order valence-corrected chi connectivity index (χ2v) is 3.76. The Labute approximate surface area is 112 Å². The zero-order chi connectivity index (χ0) is 11.9. The lowest BCUT2D eigenvalue weighted by Gasteiger charge is -2.04. The van der Waals surface area contributed by atoms with Crippen LogP contribution in [0.25, 0.3) is 33.1 Å². The molecule has 0 saturated heterocycles. The highest BCUT2D eigenvalue weighted by Crippen LogP contribution is 2.26. The summed E-state index contributed by atoms with van der Waals surface area (Å²) in [5, 5.41) is 0. The Morgan fingerprint density at radius 1 is 0.350 bits per heavy atom. The number of rotatable bonds is 0. The van der Waals surface area contributed by atoms with E-state index in [9.17, 15) is 0 Å². The van der Waals surface area contributed by atoms with Crippen LogP contribution in [-0.2, 0) is 0 Å². The first-order valence-corrected chi connectivity index (χ1v) is 5.39. The van der Waals surface area contributed by atoms with Crippen LogP contribution in [0.3, 0.4) is 0 Å². The molecule has 3 aromatic heterocycles. The van der Waals surface area contributed by atoms with Crippen LogP contribution in [0.15, 0.2) is 37.2 Å². The molecule has 8 nitrogen and oxygen atoms in total. The van der Waals surface area contributed by atoms with Crippen molar-refractivity contribution in [1.82, 2.24) is 29.9 Å². The van der Waals surface area contributed by atoms with E-state index in [1.807, 2.05) is 0 Å². The summed E-state index contributed by atoms with van der Waals surface area (Å²) >= 11 is 0. The van der Waals surface area contributed by atoms with Gasteiger partial charge in [-0.25, -0.2) is 0 Å². The third-order valence-corrected chi connectivity index (χ3v) is 2.77. The lowest BCUT2D eigenvalue weighted by Crippen LogP contribution is -1.94. The van der Waals surface area contributed by atoms with Crippen molar-refractivity contribution >= 4 is 33.1 Å². The van der Waals surface area contributed by atoms with Gasteiger partial charge in [0.15, 0.2) is 0 Å². The molecule has 0 fully saturated rings. The highest BCUT2D eigenvalue weighted by molar-refractivity contribution is 6.17.